The molecule has 0 bridgehead atoms. The zero-order valence-electron chi connectivity index (χ0n) is 14.5. The van der Waals surface area contributed by atoms with E-state index in [0.29, 0.717) is 36.6 Å². The predicted molar refractivity (Wildman–Crippen MR) is 93.4 cm³/mol. The second-order valence-electron chi connectivity index (χ2n) is 5.61. The number of nitrogens with zero attached hydrogens (tertiary/aromatic N) is 1. The molecule has 0 saturated carbocycles. The molecule has 0 spiro atoms. The Morgan fingerprint density at radius 2 is 1.92 bits per heavy atom. The molecule has 0 aliphatic rings. The molecule has 5 nitrogen and oxygen atoms in total. The fraction of sp³-hybridized carbons (Fsp3) is 0.368. The molecular weight excluding hydrogens is 323 g/mol. The van der Waals surface area contributed by atoms with Gasteiger partial charge in [-0.3, -0.25) is 9.59 Å². The molecule has 2 amide bonds. The maximum absolute atomic E-state index is 13.8. The van der Waals surface area contributed by atoms with Gasteiger partial charge in [0, 0.05) is 25.9 Å². The fourth-order valence-electron chi connectivity index (χ4n) is 2.51. The molecule has 1 heterocycles. The minimum Gasteiger partial charge on any atom is -0.461 e. The van der Waals surface area contributed by atoms with Crippen LogP contribution >= 0.6 is 0 Å². The van der Waals surface area contributed by atoms with Crippen molar-refractivity contribution in [1.82, 2.24) is 10.2 Å². The molecule has 2 aromatic rings. The van der Waals surface area contributed by atoms with Crippen LogP contribution in [0.3, 0.4) is 0 Å². The van der Waals surface area contributed by atoms with E-state index < -0.39 is 0 Å². The zero-order valence-corrected chi connectivity index (χ0v) is 14.5. The number of rotatable bonds is 8. The first-order valence-electron chi connectivity index (χ1n) is 8.43. The molecule has 0 aliphatic carbocycles. The fourth-order valence-corrected chi connectivity index (χ4v) is 2.51. The molecule has 0 atom stereocenters. The normalized spacial score (nSPS) is 10.5. The van der Waals surface area contributed by atoms with Crippen molar-refractivity contribution in [1.29, 1.82) is 0 Å². The van der Waals surface area contributed by atoms with Gasteiger partial charge >= 0.3 is 0 Å². The lowest BCUT2D eigenvalue weighted by molar-refractivity contribution is -0.135. The summed E-state index contributed by atoms with van der Waals surface area (Å²) in [4.78, 5) is 25.4. The van der Waals surface area contributed by atoms with E-state index in [-0.39, 0.29) is 30.6 Å². The number of benzene rings is 1. The van der Waals surface area contributed by atoms with Crippen molar-refractivity contribution in [3.05, 3.63) is 48.0 Å². The lowest BCUT2D eigenvalue weighted by Gasteiger charge is -2.19. The Bertz CT molecular complexity index is 727. The second-order valence-corrected chi connectivity index (χ2v) is 5.61. The Kier molecular flexibility index (Phi) is 6.74. The van der Waals surface area contributed by atoms with Gasteiger partial charge in [0.05, 0.1) is 12.1 Å². The van der Waals surface area contributed by atoms with Crippen molar-refractivity contribution in [2.45, 2.75) is 26.7 Å². The number of hydrogen-bond acceptors (Lipinski definition) is 3. The van der Waals surface area contributed by atoms with E-state index in [4.69, 9.17) is 4.42 Å². The van der Waals surface area contributed by atoms with Gasteiger partial charge in [0.1, 0.15) is 17.3 Å². The maximum Gasteiger partial charge on any atom is 0.239 e. The molecular formula is C19H23FN2O3. The first-order valence-corrected chi connectivity index (χ1v) is 8.43. The third-order valence-electron chi connectivity index (χ3n) is 3.83. The SMILES string of the molecule is CCNC(=O)CN(CC)C(=O)CCc1ccc(-c2ccccc2F)o1. The van der Waals surface area contributed by atoms with Gasteiger partial charge in [-0.1, -0.05) is 12.1 Å². The Morgan fingerprint density at radius 1 is 1.16 bits per heavy atom. The van der Waals surface area contributed by atoms with Crippen LogP contribution in [0.2, 0.25) is 0 Å². The van der Waals surface area contributed by atoms with Crippen LogP contribution < -0.4 is 5.32 Å². The van der Waals surface area contributed by atoms with Crippen LogP contribution in [0.4, 0.5) is 4.39 Å². The number of halogens is 1. The van der Waals surface area contributed by atoms with E-state index in [9.17, 15) is 14.0 Å². The van der Waals surface area contributed by atoms with E-state index in [1.807, 2.05) is 13.8 Å². The number of likely N-dealkylation sites (N-methyl/N-ethyl adjacent to an activating group) is 2. The number of nitrogens with one attached hydrogen (secondary N) is 1. The average Bonchev–Trinajstić information content (AvgIpc) is 3.07. The topological polar surface area (TPSA) is 62.6 Å². The summed E-state index contributed by atoms with van der Waals surface area (Å²) in [5, 5.41) is 2.68. The van der Waals surface area contributed by atoms with E-state index in [1.54, 1.807) is 30.3 Å². The highest BCUT2D eigenvalue weighted by Gasteiger charge is 2.16. The summed E-state index contributed by atoms with van der Waals surface area (Å²) in [5.41, 5.74) is 0.395. The highest BCUT2D eigenvalue weighted by atomic mass is 19.1. The standard InChI is InChI=1S/C19H23FN2O3/c1-3-21-18(23)13-22(4-2)19(24)12-10-14-9-11-17(25-14)15-7-5-6-8-16(15)20/h5-9,11H,3-4,10,12-13H2,1-2H3,(H,21,23). The minimum absolute atomic E-state index is 0.0573. The predicted octanol–water partition coefficient (Wildman–Crippen LogP) is 3.00. The molecule has 0 fully saturated rings. The molecule has 134 valence electrons. The van der Waals surface area contributed by atoms with Crippen molar-refractivity contribution in [3.8, 4) is 11.3 Å². The Labute approximate surface area is 146 Å². The minimum atomic E-state index is -0.349. The molecule has 0 aliphatic heterocycles. The summed E-state index contributed by atoms with van der Waals surface area (Å²) in [6, 6.07) is 9.83. The quantitative estimate of drug-likeness (QED) is 0.799. The summed E-state index contributed by atoms with van der Waals surface area (Å²) >= 11 is 0. The molecule has 0 saturated heterocycles. The van der Waals surface area contributed by atoms with Crippen molar-refractivity contribution < 1.29 is 18.4 Å². The summed E-state index contributed by atoms with van der Waals surface area (Å²) < 4.78 is 19.4. The van der Waals surface area contributed by atoms with Gasteiger partial charge in [0.25, 0.3) is 0 Å². The van der Waals surface area contributed by atoms with Crippen LogP contribution in [0.1, 0.15) is 26.0 Å². The molecule has 0 radical (unpaired) electrons. The molecule has 1 aromatic carbocycles. The summed E-state index contributed by atoms with van der Waals surface area (Å²) in [6.45, 7) is 4.73. The first kappa shape index (κ1) is 18.7. The van der Waals surface area contributed by atoms with E-state index in [2.05, 4.69) is 5.32 Å². The van der Waals surface area contributed by atoms with E-state index >= 15 is 0 Å². The average molecular weight is 346 g/mol. The lowest BCUT2D eigenvalue weighted by atomic mass is 10.1. The van der Waals surface area contributed by atoms with Gasteiger partial charge in [-0.25, -0.2) is 4.39 Å². The number of aryl methyl sites for hydroxylation is 1. The number of furan rings is 1. The van der Waals surface area contributed by atoms with Crippen LogP contribution in [0.25, 0.3) is 11.3 Å². The van der Waals surface area contributed by atoms with Crippen LogP contribution in [0.15, 0.2) is 40.8 Å². The molecule has 1 aromatic heterocycles. The first-order chi connectivity index (χ1) is 12.0. The molecule has 2 rings (SSSR count). The molecule has 25 heavy (non-hydrogen) atoms. The van der Waals surface area contributed by atoms with E-state index in [0.717, 1.165) is 0 Å². The van der Waals surface area contributed by atoms with Crippen LogP contribution in [-0.4, -0.2) is 36.3 Å². The van der Waals surface area contributed by atoms with Crippen LogP contribution in [0, 0.1) is 5.82 Å². The third kappa shape index (κ3) is 5.17. The van der Waals surface area contributed by atoms with Gasteiger partial charge < -0.3 is 14.6 Å². The molecule has 1 N–H and O–H groups in total. The largest absolute Gasteiger partial charge is 0.461 e. The van der Waals surface area contributed by atoms with Crippen molar-refractivity contribution in [2.75, 3.05) is 19.6 Å². The highest BCUT2D eigenvalue weighted by molar-refractivity contribution is 5.84. The Balaban J connectivity index is 1.94. The van der Waals surface area contributed by atoms with Crippen LogP contribution in [-0.2, 0) is 16.0 Å². The third-order valence-corrected chi connectivity index (χ3v) is 3.83. The van der Waals surface area contributed by atoms with E-state index in [1.165, 1.54) is 11.0 Å². The zero-order chi connectivity index (χ0) is 18.2. The number of hydrogen-bond donors (Lipinski definition) is 1. The Morgan fingerprint density at radius 3 is 2.60 bits per heavy atom. The summed E-state index contributed by atoms with van der Waals surface area (Å²) in [6.07, 6.45) is 0.636. The van der Waals surface area contributed by atoms with Gasteiger partial charge in [-0.15, -0.1) is 0 Å². The monoisotopic (exact) mass is 346 g/mol. The van der Waals surface area contributed by atoms with Gasteiger partial charge in [-0.05, 0) is 38.1 Å². The number of amides is 2. The number of carbonyl (C=O) groups is 2. The molecule has 0 unspecified atom stereocenters. The summed E-state index contributed by atoms with van der Waals surface area (Å²) in [7, 11) is 0. The lowest BCUT2D eigenvalue weighted by Crippen LogP contribution is -2.40. The van der Waals surface area contributed by atoms with Crippen molar-refractivity contribution in [2.24, 2.45) is 0 Å². The van der Waals surface area contributed by atoms with Gasteiger partial charge in [0.15, 0.2) is 0 Å². The smallest absolute Gasteiger partial charge is 0.239 e. The highest BCUT2D eigenvalue weighted by Crippen LogP contribution is 2.25. The van der Waals surface area contributed by atoms with Gasteiger partial charge in [-0.2, -0.15) is 0 Å². The van der Waals surface area contributed by atoms with Gasteiger partial charge in [0.2, 0.25) is 11.8 Å². The summed E-state index contributed by atoms with van der Waals surface area (Å²) in [5.74, 6) is 0.421. The molecule has 6 heteroatoms. The van der Waals surface area contributed by atoms with Crippen molar-refractivity contribution in [3.63, 3.8) is 0 Å². The van der Waals surface area contributed by atoms with Crippen molar-refractivity contribution >= 4 is 11.8 Å². The van der Waals surface area contributed by atoms with Crippen LogP contribution in [0.5, 0.6) is 0 Å². The maximum atomic E-state index is 13.8. The number of carbonyl (C=O) groups excluding carboxylic acids is 2. The second kappa shape index (κ2) is 9.01. The Hall–Kier alpha value is -2.63.